The second-order valence-electron chi connectivity index (χ2n) is 7.13. The molecule has 0 aromatic heterocycles. The Bertz CT molecular complexity index is 602. The van der Waals surface area contributed by atoms with E-state index in [0.29, 0.717) is 26.4 Å². The molecule has 2 saturated heterocycles. The SMILES string of the molecule is CC1(C)COP2(=NP(Cl)(Cl)=NP3(=N2)OCC(C)(C)CO3)OC1. The van der Waals surface area contributed by atoms with Gasteiger partial charge >= 0.3 is 15.3 Å². The van der Waals surface area contributed by atoms with Crippen molar-refractivity contribution in [3.63, 3.8) is 0 Å². The van der Waals surface area contributed by atoms with Crippen molar-refractivity contribution in [1.82, 2.24) is 0 Å². The van der Waals surface area contributed by atoms with Crippen molar-refractivity contribution in [2.24, 2.45) is 24.4 Å². The number of halogens is 2. The van der Waals surface area contributed by atoms with E-state index in [1.54, 1.807) is 0 Å². The van der Waals surface area contributed by atoms with Crippen LogP contribution in [0.5, 0.6) is 0 Å². The molecule has 7 nitrogen and oxygen atoms in total. The fourth-order valence-corrected chi connectivity index (χ4v) is 13.5. The molecule has 0 amide bonds. The van der Waals surface area contributed by atoms with Crippen LogP contribution in [0, 0.1) is 10.8 Å². The average Bonchev–Trinajstić information content (AvgIpc) is 2.37. The summed E-state index contributed by atoms with van der Waals surface area (Å²) in [6, 6.07) is 0. The Morgan fingerprint density at radius 1 is 0.682 bits per heavy atom. The molecule has 3 aliphatic rings. The standard InChI is InChI=1S/C10H20Cl2N3O4P3/c1-9(2)5-16-21(17-6-9)13-20(11,12)14-22(15-21)18-7-10(3,4)8-19-22/h5-8H2,1-4H3. The number of hydrogen-bond donors (Lipinski definition) is 0. The summed E-state index contributed by atoms with van der Waals surface area (Å²) in [5, 5.41) is 0. The molecule has 0 saturated carbocycles. The van der Waals surface area contributed by atoms with E-state index in [2.05, 4.69) is 13.5 Å². The van der Waals surface area contributed by atoms with E-state index in [1.165, 1.54) is 0 Å². The molecule has 0 radical (unpaired) electrons. The van der Waals surface area contributed by atoms with E-state index >= 15 is 0 Å². The smallest absolute Gasteiger partial charge is 0.306 e. The largest absolute Gasteiger partial charge is 0.347 e. The van der Waals surface area contributed by atoms with E-state index in [-0.39, 0.29) is 10.8 Å². The highest BCUT2D eigenvalue weighted by Gasteiger charge is 2.46. The maximum atomic E-state index is 6.28. The fourth-order valence-electron chi connectivity index (χ4n) is 1.87. The van der Waals surface area contributed by atoms with Gasteiger partial charge in [-0.05, 0) is 22.5 Å². The van der Waals surface area contributed by atoms with Crippen LogP contribution in [0.25, 0.3) is 0 Å². The second-order valence-corrected chi connectivity index (χ2v) is 16.5. The first-order valence-corrected chi connectivity index (χ1v) is 13.4. The Labute approximate surface area is 140 Å². The minimum Gasteiger partial charge on any atom is -0.306 e. The minimum atomic E-state index is -2.99. The van der Waals surface area contributed by atoms with Crippen LogP contribution in [-0.2, 0) is 18.1 Å². The molecule has 3 aliphatic heterocycles. The van der Waals surface area contributed by atoms with Gasteiger partial charge in [-0.25, -0.2) is 0 Å². The first kappa shape index (κ1) is 17.9. The zero-order valence-corrected chi connectivity index (χ0v) is 17.1. The molecular formula is C10H20Cl2N3O4P3. The molecule has 3 rings (SSSR count). The van der Waals surface area contributed by atoms with Crippen molar-refractivity contribution in [2.75, 3.05) is 26.4 Å². The molecule has 22 heavy (non-hydrogen) atoms. The van der Waals surface area contributed by atoms with Crippen molar-refractivity contribution in [1.29, 1.82) is 0 Å². The van der Waals surface area contributed by atoms with Gasteiger partial charge in [0.15, 0.2) is 0 Å². The topological polar surface area (TPSA) is 74.0 Å². The maximum Gasteiger partial charge on any atom is 0.347 e. The highest BCUT2D eigenvalue weighted by atomic mass is 35.9. The van der Waals surface area contributed by atoms with E-state index in [0.717, 1.165) is 0 Å². The highest BCUT2D eigenvalue weighted by molar-refractivity contribution is 8.13. The Hall–Kier alpha value is 1.11. The van der Waals surface area contributed by atoms with E-state index in [4.69, 9.17) is 40.6 Å². The summed E-state index contributed by atoms with van der Waals surface area (Å²) in [4.78, 5) is 0. The zero-order chi connectivity index (χ0) is 16.3. The lowest BCUT2D eigenvalue weighted by Gasteiger charge is -2.40. The van der Waals surface area contributed by atoms with E-state index < -0.39 is 21.2 Å². The Balaban J connectivity index is 2.00. The monoisotopic (exact) mass is 409 g/mol. The minimum absolute atomic E-state index is 0.105. The van der Waals surface area contributed by atoms with Crippen LogP contribution >= 0.6 is 43.7 Å². The van der Waals surface area contributed by atoms with Crippen LogP contribution < -0.4 is 0 Å². The summed E-state index contributed by atoms with van der Waals surface area (Å²) < 4.78 is 36.6. The van der Waals surface area contributed by atoms with Crippen LogP contribution in [0.3, 0.4) is 0 Å². The molecule has 0 unspecified atom stereocenters. The molecule has 12 heteroatoms. The summed E-state index contributed by atoms with van der Waals surface area (Å²) in [5.41, 5.74) is -0.209. The van der Waals surface area contributed by atoms with Gasteiger partial charge in [-0.3, -0.25) is 0 Å². The molecule has 2 spiro atoms. The summed E-state index contributed by atoms with van der Waals surface area (Å²) in [6.45, 7) is 10.0. The van der Waals surface area contributed by atoms with E-state index in [1.807, 2.05) is 27.7 Å². The van der Waals surface area contributed by atoms with Gasteiger partial charge in [0.05, 0.1) is 26.4 Å². The Morgan fingerprint density at radius 2 is 1.05 bits per heavy atom. The van der Waals surface area contributed by atoms with Gasteiger partial charge in [-0.2, -0.15) is 9.03 Å². The van der Waals surface area contributed by atoms with Crippen molar-refractivity contribution in [2.45, 2.75) is 27.7 Å². The lowest BCUT2D eigenvalue weighted by Crippen LogP contribution is -2.30. The van der Waals surface area contributed by atoms with Gasteiger partial charge in [0.2, 0.25) is 0 Å². The third kappa shape index (κ3) is 3.85. The molecule has 0 aromatic carbocycles. The third-order valence-corrected chi connectivity index (χ3v) is 12.8. The van der Waals surface area contributed by atoms with Gasteiger partial charge in [0, 0.05) is 10.8 Å². The summed E-state index contributed by atoms with van der Waals surface area (Å²) in [7, 11) is -5.84. The highest BCUT2D eigenvalue weighted by Crippen LogP contribution is 2.84. The van der Waals surface area contributed by atoms with Gasteiger partial charge in [-0.1, -0.05) is 27.7 Å². The van der Waals surface area contributed by atoms with Crippen LogP contribution in [-0.4, -0.2) is 26.4 Å². The van der Waals surface area contributed by atoms with Crippen molar-refractivity contribution in [3.05, 3.63) is 0 Å². The Morgan fingerprint density at radius 3 is 1.45 bits per heavy atom. The van der Waals surface area contributed by atoms with Crippen molar-refractivity contribution < 1.29 is 18.1 Å². The first-order chi connectivity index (χ1) is 9.95. The molecule has 0 bridgehead atoms. The van der Waals surface area contributed by atoms with Gasteiger partial charge < -0.3 is 18.1 Å². The van der Waals surface area contributed by atoms with Gasteiger partial charge in [0.1, 0.15) is 0 Å². The number of nitrogens with zero attached hydrogens (tertiary/aromatic N) is 3. The van der Waals surface area contributed by atoms with Gasteiger partial charge in [-0.15, -0.1) is 4.52 Å². The molecule has 2 fully saturated rings. The quantitative estimate of drug-likeness (QED) is 0.430. The number of rotatable bonds is 0. The lowest BCUT2D eigenvalue weighted by molar-refractivity contribution is 0.0493. The fraction of sp³-hybridized carbons (Fsp3) is 1.00. The molecule has 3 heterocycles. The molecule has 0 aromatic rings. The summed E-state index contributed by atoms with van der Waals surface area (Å²) >= 11 is 12.6. The third-order valence-electron chi connectivity index (χ3n) is 3.16. The molecule has 128 valence electrons. The van der Waals surface area contributed by atoms with Crippen LogP contribution in [0.1, 0.15) is 27.7 Å². The van der Waals surface area contributed by atoms with Gasteiger partial charge in [0.25, 0.3) is 5.91 Å². The van der Waals surface area contributed by atoms with Crippen LogP contribution in [0.15, 0.2) is 13.5 Å². The summed E-state index contributed by atoms with van der Waals surface area (Å²) in [6.07, 6.45) is 0. The predicted octanol–water partition coefficient (Wildman–Crippen LogP) is 6.46. The molecular weight excluding hydrogens is 390 g/mol. The average molecular weight is 410 g/mol. The molecule has 0 aliphatic carbocycles. The second kappa shape index (κ2) is 5.56. The maximum absolute atomic E-state index is 6.28. The molecule has 0 N–H and O–H groups in total. The van der Waals surface area contributed by atoms with E-state index in [9.17, 15) is 0 Å². The summed E-state index contributed by atoms with van der Waals surface area (Å²) in [5.74, 6) is -2.99. The van der Waals surface area contributed by atoms with Crippen molar-refractivity contribution in [3.8, 4) is 0 Å². The number of hydrogen-bond acceptors (Lipinski definition) is 7. The predicted molar refractivity (Wildman–Crippen MR) is 91.1 cm³/mol. The Kier molecular flexibility index (Phi) is 4.53. The zero-order valence-electron chi connectivity index (χ0n) is 12.9. The van der Waals surface area contributed by atoms with Crippen LogP contribution in [0.2, 0.25) is 0 Å². The molecule has 0 atom stereocenters. The first-order valence-electron chi connectivity index (χ1n) is 6.84. The lowest BCUT2D eigenvalue weighted by atomic mass is 9.97. The normalized spacial score (nSPS) is 33.5. The van der Waals surface area contributed by atoms with Crippen LogP contribution in [0.4, 0.5) is 0 Å². The van der Waals surface area contributed by atoms with Crippen molar-refractivity contribution >= 4 is 43.7 Å².